The van der Waals surface area contributed by atoms with Crippen LogP contribution in [0.3, 0.4) is 0 Å². The third-order valence-corrected chi connectivity index (χ3v) is 1.25. The van der Waals surface area contributed by atoms with Crippen LogP contribution in [0.1, 0.15) is 0 Å². The first kappa shape index (κ1) is 23.0. The Bertz CT molecular complexity index is 66.6. The van der Waals surface area contributed by atoms with Gasteiger partial charge >= 0.3 is 0 Å². The number of nitrogens with zero attached hydrogens (tertiary/aromatic N) is 1. The highest BCUT2D eigenvalue weighted by atomic mass is 19.0. The van der Waals surface area contributed by atoms with Gasteiger partial charge in [-0.3, -0.25) is 14.3 Å². The highest BCUT2D eigenvalue weighted by Gasteiger charge is 2.00. The second kappa shape index (κ2) is 17.7. The minimum absolute atomic E-state index is 0. The van der Waals surface area contributed by atoms with Crippen molar-refractivity contribution in [3.8, 4) is 0 Å². The van der Waals surface area contributed by atoms with Crippen LogP contribution in [0.25, 0.3) is 0 Å². The summed E-state index contributed by atoms with van der Waals surface area (Å²) in [7, 11) is 0. The SMILES string of the molecule is F.F.N.OCCN(CCO)CCO. The first-order chi connectivity index (χ1) is 4.85. The summed E-state index contributed by atoms with van der Waals surface area (Å²) in [5.74, 6) is 0. The molecule has 0 saturated heterocycles. The standard InChI is InChI=1S/C6H15NO3.2FH.H3N/c8-4-1-7(2-5-9)3-6-10;;;/h8-10H,1-6H2;2*1H;1H3. The van der Waals surface area contributed by atoms with Crippen LogP contribution in [0.2, 0.25) is 0 Å². The maximum absolute atomic E-state index is 8.48. The molecule has 0 amide bonds. The number of aliphatic hydroxyl groups is 3. The Hall–Kier alpha value is -0.340. The van der Waals surface area contributed by atoms with E-state index in [0.29, 0.717) is 19.6 Å². The van der Waals surface area contributed by atoms with E-state index in [9.17, 15) is 0 Å². The quantitative estimate of drug-likeness (QED) is 0.434. The molecule has 5 nitrogen and oxygen atoms in total. The zero-order chi connectivity index (χ0) is 7.82. The molecule has 86 valence electrons. The van der Waals surface area contributed by atoms with Crippen LogP contribution in [-0.2, 0) is 0 Å². The molecule has 0 aliphatic heterocycles. The fraction of sp³-hybridized carbons (Fsp3) is 1.00. The van der Waals surface area contributed by atoms with E-state index in [1.807, 2.05) is 0 Å². The topological polar surface area (TPSA) is 98.9 Å². The van der Waals surface area contributed by atoms with E-state index in [4.69, 9.17) is 15.3 Å². The fourth-order valence-corrected chi connectivity index (χ4v) is 0.760. The van der Waals surface area contributed by atoms with E-state index in [2.05, 4.69) is 0 Å². The largest absolute Gasteiger partial charge is 0.395 e. The first-order valence-corrected chi connectivity index (χ1v) is 3.40. The summed E-state index contributed by atoms with van der Waals surface area (Å²) < 4.78 is 0. The van der Waals surface area contributed by atoms with Gasteiger partial charge in [-0.2, -0.15) is 0 Å². The van der Waals surface area contributed by atoms with Crippen molar-refractivity contribution >= 4 is 0 Å². The van der Waals surface area contributed by atoms with Crippen LogP contribution in [0.15, 0.2) is 0 Å². The Kier molecular flexibility index (Phi) is 31.2. The molecule has 0 aromatic rings. The Morgan fingerprint density at radius 3 is 1.08 bits per heavy atom. The van der Waals surface area contributed by atoms with E-state index in [-0.39, 0.29) is 35.4 Å². The molecule has 6 N–H and O–H groups in total. The minimum Gasteiger partial charge on any atom is -0.395 e. The fourth-order valence-electron chi connectivity index (χ4n) is 0.760. The van der Waals surface area contributed by atoms with Crippen LogP contribution >= 0.6 is 0 Å². The first-order valence-electron chi connectivity index (χ1n) is 3.40. The zero-order valence-corrected chi connectivity index (χ0v) is 7.56. The van der Waals surface area contributed by atoms with Gasteiger partial charge in [0.1, 0.15) is 0 Å². The van der Waals surface area contributed by atoms with Crippen LogP contribution in [0.5, 0.6) is 0 Å². The molecule has 0 radical (unpaired) electrons. The van der Waals surface area contributed by atoms with Crippen molar-refractivity contribution < 1.29 is 24.7 Å². The van der Waals surface area contributed by atoms with Crippen LogP contribution in [-0.4, -0.2) is 59.7 Å². The summed E-state index contributed by atoms with van der Waals surface area (Å²) in [5, 5.41) is 25.5. The summed E-state index contributed by atoms with van der Waals surface area (Å²) in [5.41, 5.74) is 0. The average molecular weight is 206 g/mol. The van der Waals surface area contributed by atoms with E-state index < -0.39 is 0 Å². The molecule has 0 spiro atoms. The summed E-state index contributed by atoms with van der Waals surface area (Å²) in [6, 6.07) is 0. The summed E-state index contributed by atoms with van der Waals surface area (Å²) in [6.45, 7) is 1.75. The molecule has 0 aliphatic carbocycles. The van der Waals surface area contributed by atoms with Crippen LogP contribution in [0.4, 0.5) is 9.41 Å². The zero-order valence-electron chi connectivity index (χ0n) is 7.56. The molecule has 13 heavy (non-hydrogen) atoms. The highest BCUT2D eigenvalue weighted by Crippen LogP contribution is 1.84. The maximum atomic E-state index is 8.48. The van der Waals surface area contributed by atoms with Crippen molar-refractivity contribution in [3.05, 3.63) is 0 Å². The lowest BCUT2D eigenvalue weighted by Gasteiger charge is -2.17. The molecule has 0 saturated carbocycles. The molecule has 0 atom stereocenters. The number of rotatable bonds is 6. The van der Waals surface area contributed by atoms with Gasteiger partial charge in [0.2, 0.25) is 0 Å². The van der Waals surface area contributed by atoms with E-state index in [1.165, 1.54) is 0 Å². The predicted octanol–water partition coefficient (Wildman–Crippen LogP) is -1.27. The second-order valence-corrected chi connectivity index (χ2v) is 2.01. The molecule has 0 aromatic heterocycles. The summed E-state index contributed by atoms with van der Waals surface area (Å²) in [4.78, 5) is 1.79. The monoisotopic (exact) mass is 206 g/mol. The number of aliphatic hydroxyl groups excluding tert-OH is 3. The van der Waals surface area contributed by atoms with Crippen molar-refractivity contribution in [3.63, 3.8) is 0 Å². The smallest absolute Gasteiger partial charge is 0.0558 e. The minimum atomic E-state index is 0. The van der Waals surface area contributed by atoms with Gasteiger partial charge in [0.25, 0.3) is 0 Å². The average Bonchev–Trinajstić information content (AvgIpc) is 1.90. The number of hydrogen-bond donors (Lipinski definition) is 4. The van der Waals surface area contributed by atoms with Crippen LogP contribution in [0, 0.1) is 0 Å². The molecule has 7 heteroatoms. The van der Waals surface area contributed by atoms with Crippen molar-refractivity contribution in [1.29, 1.82) is 0 Å². The van der Waals surface area contributed by atoms with Gasteiger partial charge in [0.05, 0.1) is 19.8 Å². The molecular weight excluding hydrogens is 186 g/mol. The number of hydrogen-bond acceptors (Lipinski definition) is 5. The van der Waals surface area contributed by atoms with Gasteiger partial charge in [-0.15, -0.1) is 0 Å². The summed E-state index contributed by atoms with van der Waals surface area (Å²) >= 11 is 0. The lowest BCUT2D eigenvalue weighted by Crippen LogP contribution is -2.32. The second-order valence-electron chi connectivity index (χ2n) is 2.01. The van der Waals surface area contributed by atoms with Gasteiger partial charge in [-0.25, -0.2) is 0 Å². The van der Waals surface area contributed by atoms with Crippen molar-refractivity contribution in [1.82, 2.24) is 11.1 Å². The lowest BCUT2D eigenvalue weighted by molar-refractivity contribution is 0.136. The van der Waals surface area contributed by atoms with Gasteiger partial charge < -0.3 is 21.5 Å². The van der Waals surface area contributed by atoms with Gasteiger partial charge in [-0.1, -0.05) is 0 Å². The normalized spacial score (nSPS) is 8.31. The van der Waals surface area contributed by atoms with E-state index in [0.717, 1.165) is 0 Å². The van der Waals surface area contributed by atoms with Gasteiger partial charge in [0.15, 0.2) is 0 Å². The Morgan fingerprint density at radius 2 is 0.923 bits per heavy atom. The number of halogens is 2. The van der Waals surface area contributed by atoms with E-state index in [1.54, 1.807) is 4.90 Å². The van der Waals surface area contributed by atoms with Gasteiger partial charge in [-0.05, 0) is 0 Å². The highest BCUT2D eigenvalue weighted by molar-refractivity contribution is 4.54. The predicted molar refractivity (Wildman–Crippen MR) is 47.7 cm³/mol. The molecule has 0 unspecified atom stereocenters. The van der Waals surface area contributed by atoms with E-state index >= 15 is 0 Å². The Morgan fingerprint density at radius 1 is 0.692 bits per heavy atom. The van der Waals surface area contributed by atoms with Crippen molar-refractivity contribution in [2.75, 3.05) is 39.5 Å². The van der Waals surface area contributed by atoms with Crippen molar-refractivity contribution in [2.45, 2.75) is 0 Å². The Labute approximate surface area is 76.3 Å². The maximum Gasteiger partial charge on any atom is 0.0558 e. The molecule has 0 bridgehead atoms. The molecule has 0 aromatic carbocycles. The third kappa shape index (κ3) is 14.5. The molecule has 0 aliphatic rings. The Balaban J connectivity index is -0.000000135. The van der Waals surface area contributed by atoms with Gasteiger partial charge in [0, 0.05) is 19.6 Å². The summed E-state index contributed by atoms with van der Waals surface area (Å²) in [6.07, 6.45) is 0. The lowest BCUT2D eigenvalue weighted by atomic mass is 10.4. The molecule has 0 rings (SSSR count). The third-order valence-electron chi connectivity index (χ3n) is 1.25. The molecule has 0 fully saturated rings. The molecular formula is C6H20F2N2O3. The van der Waals surface area contributed by atoms with Crippen LogP contribution < -0.4 is 6.15 Å². The van der Waals surface area contributed by atoms with Crippen molar-refractivity contribution in [2.24, 2.45) is 0 Å². The molecule has 0 heterocycles.